The Kier molecular flexibility index (Phi) is 4.17. The van der Waals surface area contributed by atoms with Gasteiger partial charge in [-0.05, 0) is 47.6 Å². The zero-order valence-corrected chi connectivity index (χ0v) is 12.2. The lowest BCUT2D eigenvalue weighted by atomic mass is 9.79. The Balaban J connectivity index is 1.91. The highest BCUT2D eigenvalue weighted by molar-refractivity contribution is 5.68. The van der Waals surface area contributed by atoms with E-state index in [-0.39, 0.29) is 0 Å². The lowest BCUT2D eigenvalue weighted by Gasteiger charge is -2.26. The molecule has 0 aromatic heterocycles. The standard InChI is InChI=1S/C19H23N/c1-2-20-14-18-7-3-4-12-19(18)17-11-6-10-16(13-17)15-8-5-9-15/h3-4,6-7,10-13,15,20H,2,5,8-9,14H2,1H3. The fourth-order valence-electron chi connectivity index (χ4n) is 2.92. The zero-order chi connectivity index (χ0) is 13.8. The molecule has 0 bridgehead atoms. The molecule has 1 aliphatic rings. The second kappa shape index (κ2) is 6.23. The van der Waals surface area contributed by atoms with Crippen LogP contribution in [0.1, 0.15) is 43.2 Å². The molecule has 1 nitrogen and oxygen atoms in total. The van der Waals surface area contributed by atoms with Gasteiger partial charge in [0.2, 0.25) is 0 Å². The molecule has 2 aromatic carbocycles. The van der Waals surface area contributed by atoms with Crippen molar-refractivity contribution in [1.29, 1.82) is 0 Å². The van der Waals surface area contributed by atoms with Crippen LogP contribution in [-0.2, 0) is 6.54 Å². The number of hydrogen-bond acceptors (Lipinski definition) is 1. The van der Waals surface area contributed by atoms with Crippen LogP contribution in [0.2, 0.25) is 0 Å². The third-order valence-electron chi connectivity index (χ3n) is 4.36. The summed E-state index contributed by atoms with van der Waals surface area (Å²) in [7, 11) is 0. The molecule has 0 spiro atoms. The molecule has 1 fully saturated rings. The molecule has 1 aliphatic carbocycles. The van der Waals surface area contributed by atoms with Gasteiger partial charge in [-0.3, -0.25) is 0 Å². The molecule has 0 heterocycles. The first kappa shape index (κ1) is 13.4. The Labute approximate surface area is 122 Å². The normalized spacial score (nSPS) is 15.1. The van der Waals surface area contributed by atoms with Crippen molar-refractivity contribution in [3.63, 3.8) is 0 Å². The fraction of sp³-hybridized carbons (Fsp3) is 0.368. The molecule has 0 aliphatic heterocycles. The van der Waals surface area contributed by atoms with Gasteiger partial charge in [0.1, 0.15) is 0 Å². The Bertz CT molecular complexity index is 569. The van der Waals surface area contributed by atoms with Gasteiger partial charge in [-0.15, -0.1) is 0 Å². The van der Waals surface area contributed by atoms with Crippen LogP contribution in [0.25, 0.3) is 11.1 Å². The molecular weight excluding hydrogens is 242 g/mol. The number of rotatable bonds is 5. The summed E-state index contributed by atoms with van der Waals surface area (Å²) in [5.74, 6) is 0.802. The second-order valence-corrected chi connectivity index (χ2v) is 5.69. The maximum absolute atomic E-state index is 3.43. The highest BCUT2D eigenvalue weighted by atomic mass is 14.8. The molecule has 20 heavy (non-hydrogen) atoms. The highest BCUT2D eigenvalue weighted by Gasteiger charge is 2.19. The number of hydrogen-bond donors (Lipinski definition) is 1. The molecule has 0 radical (unpaired) electrons. The maximum atomic E-state index is 3.43. The van der Waals surface area contributed by atoms with E-state index in [4.69, 9.17) is 0 Å². The van der Waals surface area contributed by atoms with Gasteiger partial charge < -0.3 is 5.32 Å². The summed E-state index contributed by atoms with van der Waals surface area (Å²) in [5, 5.41) is 3.43. The minimum absolute atomic E-state index is 0.802. The van der Waals surface area contributed by atoms with Crippen LogP contribution in [0.3, 0.4) is 0 Å². The summed E-state index contributed by atoms with van der Waals surface area (Å²) in [6, 6.07) is 17.9. The predicted octanol–water partition coefficient (Wildman–Crippen LogP) is 4.73. The smallest absolute Gasteiger partial charge is 0.0211 e. The first-order valence-corrected chi connectivity index (χ1v) is 7.77. The van der Waals surface area contributed by atoms with E-state index in [1.807, 2.05) is 0 Å². The van der Waals surface area contributed by atoms with Crippen LogP contribution in [0, 0.1) is 0 Å². The molecule has 0 saturated heterocycles. The van der Waals surface area contributed by atoms with Crippen LogP contribution in [-0.4, -0.2) is 6.54 Å². The van der Waals surface area contributed by atoms with Gasteiger partial charge in [0, 0.05) is 6.54 Å². The molecule has 104 valence electrons. The first-order valence-electron chi connectivity index (χ1n) is 7.77. The Morgan fingerprint density at radius 3 is 2.65 bits per heavy atom. The average Bonchev–Trinajstić information content (AvgIpc) is 2.44. The van der Waals surface area contributed by atoms with Gasteiger partial charge in [-0.2, -0.15) is 0 Å². The maximum Gasteiger partial charge on any atom is 0.0211 e. The third-order valence-corrected chi connectivity index (χ3v) is 4.36. The minimum atomic E-state index is 0.802. The fourth-order valence-corrected chi connectivity index (χ4v) is 2.92. The van der Waals surface area contributed by atoms with Crippen molar-refractivity contribution < 1.29 is 0 Å². The van der Waals surface area contributed by atoms with Crippen molar-refractivity contribution in [3.8, 4) is 11.1 Å². The van der Waals surface area contributed by atoms with E-state index in [0.29, 0.717) is 0 Å². The third kappa shape index (κ3) is 2.78. The summed E-state index contributed by atoms with van der Waals surface area (Å²) in [6.45, 7) is 4.11. The van der Waals surface area contributed by atoms with E-state index in [9.17, 15) is 0 Å². The van der Waals surface area contributed by atoms with Gasteiger partial charge in [0.05, 0.1) is 0 Å². The van der Waals surface area contributed by atoms with E-state index >= 15 is 0 Å². The van der Waals surface area contributed by atoms with Crippen molar-refractivity contribution in [2.45, 2.75) is 38.6 Å². The van der Waals surface area contributed by atoms with E-state index in [1.54, 1.807) is 0 Å². The topological polar surface area (TPSA) is 12.0 Å². The number of benzene rings is 2. The quantitative estimate of drug-likeness (QED) is 0.824. The monoisotopic (exact) mass is 265 g/mol. The van der Waals surface area contributed by atoms with Crippen molar-refractivity contribution >= 4 is 0 Å². The van der Waals surface area contributed by atoms with Crippen LogP contribution < -0.4 is 5.32 Å². The highest BCUT2D eigenvalue weighted by Crippen LogP contribution is 2.37. The zero-order valence-electron chi connectivity index (χ0n) is 12.2. The molecule has 0 unspecified atom stereocenters. The number of nitrogens with one attached hydrogen (secondary N) is 1. The molecule has 1 saturated carbocycles. The summed E-state index contributed by atoms with van der Waals surface area (Å²) < 4.78 is 0. The van der Waals surface area contributed by atoms with Crippen molar-refractivity contribution in [2.24, 2.45) is 0 Å². The van der Waals surface area contributed by atoms with Gasteiger partial charge in [0.25, 0.3) is 0 Å². The molecule has 1 heteroatoms. The van der Waals surface area contributed by atoms with Crippen molar-refractivity contribution in [2.75, 3.05) is 6.54 Å². The molecule has 0 atom stereocenters. The van der Waals surface area contributed by atoms with Gasteiger partial charge in [-0.25, -0.2) is 0 Å². The minimum Gasteiger partial charge on any atom is -0.313 e. The summed E-state index contributed by atoms with van der Waals surface area (Å²) in [6.07, 6.45) is 4.12. The largest absolute Gasteiger partial charge is 0.313 e. The molecule has 0 amide bonds. The SMILES string of the molecule is CCNCc1ccccc1-c1cccc(C2CCC2)c1. The lowest BCUT2D eigenvalue weighted by molar-refractivity contribution is 0.420. The molecule has 1 N–H and O–H groups in total. The second-order valence-electron chi connectivity index (χ2n) is 5.69. The molecular formula is C19H23N. The van der Waals surface area contributed by atoms with Gasteiger partial charge in [-0.1, -0.05) is 61.9 Å². The Hall–Kier alpha value is -1.60. The molecule has 2 aromatic rings. The lowest BCUT2D eigenvalue weighted by Crippen LogP contribution is -2.12. The van der Waals surface area contributed by atoms with Gasteiger partial charge >= 0.3 is 0 Å². The first-order chi connectivity index (χ1) is 9.88. The summed E-state index contributed by atoms with van der Waals surface area (Å²) >= 11 is 0. The van der Waals surface area contributed by atoms with E-state index in [2.05, 4.69) is 60.8 Å². The van der Waals surface area contributed by atoms with Gasteiger partial charge in [0.15, 0.2) is 0 Å². The summed E-state index contributed by atoms with van der Waals surface area (Å²) in [4.78, 5) is 0. The Morgan fingerprint density at radius 2 is 1.90 bits per heavy atom. The predicted molar refractivity (Wildman–Crippen MR) is 85.9 cm³/mol. The van der Waals surface area contributed by atoms with Crippen LogP contribution in [0.5, 0.6) is 0 Å². The van der Waals surface area contributed by atoms with Crippen LogP contribution in [0.4, 0.5) is 0 Å². The van der Waals surface area contributed by atoms with E-state index < -0.39 is 0 Å². The average molecular weight is 265 g/mol. The van der Waals surface area contributed by atoms with E-state index in [1.165, 1.54) is 41.5 Å². The molecule has 3 rings (SSSR count). The van der Waals surface area contributed by atoms with Crippen LogP contribution >= 0.6 is 0 Å². The van der Waals surface area contributed by atoms with Crippen molar-refractivity contribution in [1.82, 2.24) is 5.32 Å². The van der Waals surface area contributed by atoms with Crippen molar-refractivity contribution in [3.05, 3.63) is 59.7 Å². The van der Waals surface area contributed by atoms with Crippen LogP contribution in [0.15, 0.2) is 48.5 Å². The Morgan fingerprint density at radius 1 is 1.05 bits per heavy atom. The summed E-state index contributed by atoms with van der Waals surface area (Å²) in [5.41, 5.74) is 5.64. The van der Waals surface area contributed by atoms with E-state index in [0.717, 1.165) is 19.0 Å².